The molecule has 17 heavy (non-hydrogen) atoms. The molecular weight excluding hydrogens is 284 g/mol. The molecule has 1 amide bonds. The number of hydrogen-bond acceptors (Lipinski definition) is 3. The number of amides is 1. The van der Waals surface area contributed by atoms with Gasteiger partial charge in [0.05, 0.1) is 0 Å². The van der Waals surface area contributed by atoms with Gasteiger partial charge in [0.1, 0.15) is 5.75 Å². The summed E-state index contributed by atoms with van der Waals surface area (Å²) >= 11 is 3.40. The van der Waals surface area contributed by atoms with Crippen molar-refractivity contribution < 1.29 is 9.53 Å². The first-order valence-electron chi connectivity index (χ1n) is 5.47. The molecule has 5 heteroatoms. The number of nitrogens with one attached hydrogen (secondary N) is 1. The van der Waals surface area contributed by atoms with Crippen molar-refractivity contribution in [2.24, 2.45) is 5.73 Å². The molecule has 0 aliphatic rings. The number of ether oxygens (including phenoxy) is 1. The summed E-state index contributed by atoms with van der Waals surface area (Å²) in [6.07, 6.45) is -0.0171. The molecule has 1 aromatic carbocycles. The Kier molecular flexibility index (Phi) is 5.44. The van der Waals surface area contributed by atoms with Gasteiger partial charge in [-0.2, -0.15) is 0 Å². The van der Waals surface area contributed by atoms with Gasteiger partial charge in [-0.3, -0.25) is 4.79 Å². The SMILES string of the molecule is CCC(Oc1ccc(Br)cc1CNC)C(N)=O. The van der Waals surface area contributed by atoms with Gasteiger partial charge in [-0.1, -0.05) is 22.9 Å². The second-order valence-corrected chi connectivity index (χ2v) is 4.62. The van der Waals surface area contributed by atoms with Gasteiger partial charge in [0.15, 0.2) is 6.10 Å². The van der Waals surface area contributed by atoms with Crippen molar-refractivity contribution in [2.45, 2.75) is 26.0 Å². The number of carbonyl (C=O) groups is 1. The van der Waals surface area contributed by atoms with E-state index in [-0.39, 0.29) is 0 Å². The van der Waals surface area contributed by atoms with Gasteiger partial charge in [-0.25, -0.2) is 0 Å². The lowest BCUT2D eigenvalue weighted by Crippen LogP contribution is -2.33. The van der Waals surface area contributed by atoms with E-state index in [9.17, 15) is 4.79 Å². The van der Waals surface area contributed by atoms with Crippen LogP contribution in [0.25, 0.3) is 0 Å². The molecule has 94 valence electrons. The van der Waals surface area contributed by atoms with Crippen molar-refractivity contribution in [1.29, 1.82) is 0 Å². The molecule has 4 nitrogen and oxygen atoms in total. The van der Waals surface area contributed by atoms with Gasteiger partial charge in [-0.15, -0.1) is 0 Å². The predicted molar refractivity (Wildman–Crippen MR) is 70.8 cm³/mol. The highest BCUT2D eigenvalue weighted by Crippen LogP contribution is 2.24. The highest BCUT2D eigenvalue weighted by Gasteiger charge is 2.16. The molecule has 1 atom stereocenters. The Hall–Kier alpha value is -1.07. The topological polar surface area (TPSA) is 64.3 Å². The van der Waals surface area contributed by atoms with Crippen LogP contribution >= 0.6 is 15.9 Å². The number of halogens is 1. The number of primary amides is 1. The van der Waals surface area contributed by atoms with Gasteiger partial charge in [0.2, 0.25) is 0 Å². The van der Waals surface area contributed by atoms with Crippen molar-refractivity contribution in [3.8, 4) is 5.75 Å². The van der Waals surface area contributed by atoms with E-state index in [0.29, 0.717) is 18.7 Å². The first kappa shape index (κ1) is 14.0. The summed E-state index contributed by atoms with van der Waals surface area (Å²) in [5, 5.41) is 3.06. The Balaban J connectivity index is 2.92. The van der Waals surface area contributed by atoms with Gasteiger partial charge in [0.25, 0.3) is 5.91 Å². The first-order valence-corrected chi connectivity index (χ1v) is 6.26. The van der Waals surface area contributed by atoms with E-state index in [2.05, 4.69) is 21.2 Å². The smallest absolute Gasteiger partial charge is 0.258 e. The number of benzene rings is 1. The quantitative estimate of drug-likeness (QED) is 0.842. The third-order valence-corrected chi connectivity index (χ3v) is 2.84. The third kappa shape index (κ3) is 4.02. The molecule has 0 bridgehead atoms. The van der Waals surface area contributed by atoms with Crippen LogP contribution in [0, 0.1) is 0 Å². The molecule has 1 aromatic rings. The van der Waals surface area contributed by atoms with Crippen LogP contribution in [0.5, 0.6) is 5.75 Å². The van der Waals surface area contributed by atoms with E-state index in [1.807, 2.05) is 32.2 Å². The lowest BCUT2D eigenvalue weighted by atomic mass is 10.2. The van der Waals surface area contributed by atoms with Crippen LogP contribution in [-0.4, -0.2) is 19.1 Å². The normalized spacial score (nSPS) is 12.2. The van der Waals surface area contributed by atoms with Gasteiger partial charge >= 0.3 is 0 Å². The lowest BCUT2D eigenvalue weighted by molar-refractivity contribution is -0.124. The van der Waals surface area contributed by atoms with Crippen molar-refractivity contribution in [3.05, 3.63) is 28.2 Å². The lowest BCUT2D eigenvalue weighted by Gasteiger charge is -2.17. The van der Waals surface area contributed by atoms with Crippen LogP contribution in [0.3, 0.4) is 0 Å². The molecule has 0 fully saturated rings. The van der Waals surface area contributed by atoms with Gasteiger partial charge in [0, 0.05) is 16.6 Å². The molecule has 0 heterocycles. The maximum absolute atomic E-state index is 11.1. The highest BCUT2D eigenvalue weighted by molar-refractivity contribution is 9.10. The largest absolute Gasteiger partial charge is 0.480 e. The van der Waals surface area contributed by atoms with E-state index in [0.717, 1.165) is 10.0 Å². The second-order valence-electron chi connectivity index (χ2n) is 3.70. The maximum Gasteiger partial charge on any atom is 0.258 e. The monoisotopic (exact) mass is 300 g/mol. The summed E-state index contributed by atoms with van der Waals surface area (Å²) in [5.74, 6) is 0.249. The molecule has 1 rings (SSSR count). The highest BCUT2D eigenvalue weighted by atomic mass is 79.9. The average Bonchev–Trinajstić information content (AvgIpc) is 2.28. The Morgan fingerprint density at radius 3 is 2.82 bits per heavy atom. The zero-order chi connectivity index (χ0) is 12.8. The summed E-state index contributed by atoms with van der Waals surface area (Å²) in [5.41, 5.74) is 6.25. The minimum atomic E-state index is -0.577. The van der Waals surface area contributed by atoms with Crippen molar-refractivity contribution in [2.75, 3.05) is 7.05 Å². The van der Waals surface area contributed by atoms with Crippen LogP contribution in [0.1, 0.15) is 18.9 Å². The molecule has 0 aliphatic carbocycles. The van der Waals surface area contributed by atoms with E-state index in [1.54, 1.807) is 0 Å². The molecule has 0 aromatic heterocycles. The fraction of sp³-hybridized carbons (Fsp3) is 0.417. The van der Waals surface area contributed by atoms with Gasteiger partial charge < -0.3 is 15.8 Å². The number of carbonyl (C=O) groups excluding carboxylic acids is 1. The first-order chi connectivity index (χ1) is 8.08. The molecule has 0 saturated carbocycles. The van der Waals surface area contributed by atoms with E-state index >= 15 is 0 Å². The Morgan fingerprint density at radius 1 is 1.59 bits per heavy atom. The van der Waals surface area contributed by atoms with Crippen LogP contribution in [-0.2, 0) is 11.3 Å². The molecule has 0 saturated heterocycles. The molecule has 0 aliphatic heterocycles. The number of rotatable bonds is 6. The number of hydrogen-bond donors (Lipinski definition) is 2. The van der Waals surface area contributed by atoms with E-state index in [1.165, 1.54) is 0 Å². The summed E-state index contributed by atoms with van der Waals surface area (Å²) in [6.45, 7) is 2.54. The third-order valence-electron chi connectivity index (χ3n) is 2.35. The van der Waals surface area contributed by atoms with Crippen LogP contribution in [0.2, 0.25) is 0 Å². The molecule has 0 radical (unpaired) electrons. The zero-order valence-electron chi connectivity index (χ0n) is 10.00. The van der Waals surface area contributed by atoms with Crippen LogP contribution in [0.4, 0.5) is 0 Å². The summed E-state index contributed by atoms with van der Waals surface area (Å²) in [6, 6.07) is 5.67. The molecule has 0 spiro atoms. The van der Waals surface area contributed by atoms with E-state index in [4.69, 9.17) is 10.5 Å². The van der Waals surface area contributed by atoms with Crippen molar-refractivity contribution >= 4 is 21.8 Å². The molecule has 1 unspecified atom stereocenters. The predicted octanol–water partition coefficient (Wildman–Crippen LogP) is 1.81. The standard InChI is InChI=1S/C12H17BrN2O2/c1-3-10(12(14)16)17-11-5-4-9(13)6-8(11)7-15-2/h4-6,10,15H,3,7H2,1-2H3,(H2,14,16). The Morgan fingerprint density at radius 2 is 2.29 bits per heavy atom. The van der Waals surface area contributed by atoms with Crippen LogP contribution in [0.15, 0.2) is 22.7 Å². The summed E-state index contributed by atoms with van der Waals surface area (Å²) in [7, 11) is 1.86. The fourth-order valence-electron chi connectivity index (χ4n) is 1.49. The molecular formula is C12H17BrN2O2. The molecule has 3 N–H and O–H groups in total. The number of nitrogens with two attached hydrogens (primary N) is 1. The maximum atomic E-state index is 11.1. The van der Waals surface area contributed by atoms with Crippen molar-refractivity contribution in [1.82, 2.24) is 5.32 Å². The second kappa shape index (κ2) is 6.61. The Bertz CT molecular complexity index is 396. The zero-order valence-corrected chi connectivity index (χ0v) is 11.6. The minimum absolute atomic E-state index is 0.439. The summed E-state index contributed by atoms with van der Waals surface area (Å²) < 4.78 is 6.60. The Labute approximate surface area is 110 Å². The van der Waals surface area contributed by atoms with E-state index < -0.39 is 12.0 Å². The van der Waals surface area contributed by atoms with Crippen molar-refractivity contribution in [3.63, 3.8) is 0 Å². The fourth-order valence-corrected chi connectivity index (χ4v) is 1.90. The average molecular weight is 301 g/mol. The summed E-state index contributed by atoms with van der Waals surface area (Å²) in [4.78, 5) is 11.1. The van der Waals surface area contributed by atoms with Crippen LogP contribution < -0.4 is 15.8 Å². The minimum Gasteiger partial charge on any atom is -0.480 e. The van der Waals surface area contributed by atoms with Gasteiger partial charge in [-0.05, 0) is 31.7 Å².